The highest BCUT2D eigenvalue weighted by Gasteiger charge is 2.10. The van der Waals surface area contributed by atoms with Crippen molar-refractivity contribution in [3.63, 3.8) is 0 Å². The molecule has 1 amide bonds. The molecule has 0 aliphatic heterocycles. The van der Waals surface area contributed by atoms with Gasteiger partial charge in [-0.2, -0.15) is 0 Å². The number of aryl methyl sites for hydroxylation is 2. The van der Waals surface area contributed by atoms with Crippen molar-refractivity contribution in [2.24, 2.45) is 0 Å². The van der Waals surface area contributed by atoms with Crippen LogP contribution in [0.1, 0.15) is 27.2 Å². The highest BCUT2D eigenvalue weighted by atomic mass is 16.5. The lowest BCUT2D eigenvalue weighted by Gasteiger charge is -2.10. The third-order valence-corrected chi connectivity index (χ3v) is 4.17. The molecule has 138 valence electrons. The molecule has 0 saturated carbocycles. The van der Waals surface area contributed by atoms with Crippen molar-refractivity contribution in [2.45, 2.75) is 20.4 Å². The van der Waals surface area contributed by atoms with E-state index in [9.17, 15) is 4.79 Å². The molecular weight excluding hydrogens is 340 g/mol. The van der Waals surface area contributed by atoms with E-state index in [1.54, 1.807) is 13.3 Å². The van der Waals surface area contributed by atoms with E-state index in [1.165, 1.54) is 6.20 Å². The van der Waals surface area contributed by atoms with Gasteiger partial charge in [0.05, 0.1) is 19.5 Å². The van der Waals surface area contributed by atoms with E-state index in [0.717, 1.165) is 28.1 Å². The molecule has 3 rings (SSSR count). The largest absolute Gasteiger partial charge is 0.496 e. The van der Waals surface area contributed by atoms with Gasteiger partial charge in [0, 0.05) is 17.8 Å². The van der Waals surface area contributed by atoms with E-state index in [2.05, 4.69) is 20.6 Å². The van der Waals surface area contributed by atoms with E-state index in [0.29, 0.717) is 12.4 Å². The van der Waals surface area contributed by atoms with Crippen LogP contribution in [-0.4, -0.2) is 23.0 Å². The van der Waals surface area contributed by atoms with Crippen LogP contribution >= 0.6 is 0 Å². The number of para-hydroxylation sites is 1. The fourth-order valence-corrected chi connectivity index (χ4v) is 2.71. The number of nitrogens with zero attached hydrogens (tertiary/aromatic N) is 2. The molecule has 3 aromatic rings. The molecule has 0 spiro atoms. The maximum Gasteiger partial charge on any atom is 0.275 e. The molecule has 0 bridgehead atoms. The molecule has 0 fully saturated rings. The molecule has 0 aliphatic carbocycles. The minimum Gasteiger partial charge on any atom is -0.496 e. The highest BCUT2D eigenvalue weighted by molar-refractivity contribution is 6.03. The van der Waals surface area contributed by atoms with Crippen molar-refractivity contribution < 1.29 is 9.53 Å². The lowest BCUT2D eigenvalue weighted by molar-refractivity contribution is 0.102. The van der Waals surface area contributed by atoms with Gasteiger partial charge in [0.2, 0.25) is 0 Å². The van der Waals surface area contributed by atoms with E-state index in [1.807, 2.05) is 56.3 Å². The van der Waals surface area contributed by atoms with Gasteiger partial charge in [-0.1, -0.05) is 35.9 Å². The molecule has 6 heteroatoms. The number of nitrogens with one attached hydrogen (secondary N) is 2. The number of amides is 1. The monoisotopic (exact) mass is 362 g/mol. The fourth-order valence-electron chi connectivity index (χ4n) is 2.71. The second-order valence-electron chi connectivity index (χ2n) is 6.22. The topological polar surface area (TPSA) is 76.1 Å². The average Bonchev–Trinajstić information content (AvgIpc) is 2.69. The Morgan fingerprint density at radius 1 is 1.07 bits per heavy atom. The summed E-state index contributed by atoms with van der Waals surface area (Å²) in [5, 5.41) is 6.05. The normalized spacial score (nSPS) is 10.3. The molecule has 0 unspecified atom stereocenters. The van der Waals surface area contributed by atoms with Gasteiger partial charge in [0.1, 0.15) is 17.3 Å². The summed E-state index contributed by atoms with van der Waals surface area (Å²) in [7, 11) is 1.64. The van der Waals surface area contributed by atoms with Gasteiger partial charge in [-0.15, -0.1) is 0 Å². The Balaban J connectivity index is 1.63. The molecule has 0 atom stereocenters. The molecule has 0 radical (unpaired) electrons. The molecule has 6 nitrogen and oxygen atoms in total. The zero-order valence-corrected chi connectivity index (χ0v) is 15.6. The maximum atomic E-state index is 12.4. The molecule has 27 heavy (non-hydrogen) atoms. The minimum atomic E-state index is -0.286. The predicted molar refractivity (Wildman–Crippen MR) is 106 cm³/mol. The Hall–Kier alpha value is -3.41. The second-order valence-corrected chi connectivity index (χ2v) is 6.22. The third kappa shape index (κ3) is 4.61. The molecular formula is C21H22N4O2. The third-order valence-electron chi connectivity index (χ3n) is 4.17. The van der Waals surface area contributed by atoms with Gasteiger partial charge < -0.3 is 15.4 Å². The number of carbonyl (C=O) groups excluding carboxylic acids is 1. The second kappa shape index (κ2) is 8.31. The summed E-state index contributed by atoms with van der Waals surface area (Å²) in [5.41, 5.74) is 4.20. The number of carbonyl (C=O) groups is 1. The summed E-state index contributed by atoms with van der Waals surface area (Å²) < 4.78 is 5.33. The molecule has 1 heterocycles. The Kier molecular flexibility index (Phi) is 5.66. The predicted octanol–water partition coefficient (Wildman–Crippen LogP) is 3.97. The van der Waals surface area contributed by atoms with Gasteiger partial charge >= 0.3 is 0 Å². The van der Waals surface area contributed by atoms with E-state index >= 15 is 0 Å². The zero-order valence-electron chi connectivity index (χ0n) is 15.6. The SMILES string of the molecule is COc1ccccc1CNc1cnc(C(=O)Nc2ccc(C)cc2C)cn1. The fraction of sp³-hybridized carbons (Fsp3) is 0.190. The van der Waals surface area contributed by atoms with Crippen LogP contribution in [-0.2, 0) is 6.54 Å². The first-order chi connectivity index (χ1) is 13.1. The van der Waals surface area contributed by atoms with Crippen LogP contribution in [0.2, 0.25) is 0 Å². The summed E-state index contributed by atoms with van der Waals surface area (Å²) in [6, 6.07) is 13.6. The Morgan fingerprint density at radius 3 is 2.59 bits per heavy atom. The smallest absolute Gasteiger partial charge is 0.275 e. The Bertz CT molecular complexity index is 939. The van der Waals surface area contributed by atoms with Gasteiger partial charge in [0.15, 0.2) is 0 Å². The van der Waals surface area contributed by atoms with Crippen LogP contribution in [0.5, 0.6) is 5.75 Å². The lowest BCUT2D eigenvalue weighted by Crippen LogP contribution is -2.15. The van der Waals surface area contributed by atoms with Gasteiger partial charge in [-0.25, -0.2) is 9.97 Å². The summed E-state index contributed by atoms with van der Waals surface area (Å²) in [6.45, 7) is 4.52. The van der Waals surface area contributed by atoms with Crippen LogP contribution in [0.15, 0.2) is 54.9 Å². The standard InChI is InChI=1S/C21H22N4O2/c1-14-8-9-17(15(2)10-14)25-21(26)18-12-24-20(13-22-18)23-11-16-6-4-5-7-19(16)27-3/h4-10,12-13H,11H2,1-3H3,(H,23,24)(H,25,26). The van der Waals surface area contributed by atoms with Crippen LogP contribution < -0.4 is 15.4 Å². The highest BCUT2D eigenvalue weighted by Crippen LogP contribution is 2.19. The number of hydrogen-bond acceptors (Lipinski definition) is 5. The summed E-state index contributed by atoms with van der Waals surface area (Å²) >= 11 is 0. The average molecular weight is 362 g/mol. The van der Waals surface area contributed by atoms with Crippen molar-refractivity contribution >= 4 is 17.4 Å². The van der Waals surface area contributed by atoms with Crippen molar-refractivity contribution in [2.75, 3.05) is 17.7 Å². The van der Waals surface area contributed by atoms with Gasteiger partial charge in [-0.05, 0) is 31.5 Å². The maximum absolute atomic E-state index is 12.4. The molecule has 2 N–H and O–H groups in total. The van der Waals surface area contributed by atoms with E-state index < -0.39 is 0 Å². The molecule has 2 aromatic carbocycles. The van der Waals surface area contributed by atoms with Crippen molar-refractivity contribution in [1.82, 2.24) is 9.97 Å². The number of aromatic nitrogens is 2. The Morgan fingerprint density at radius 2 is 1.89 bits per heavy atom. The summed E-state index contributed by atoms with van der Waals surface area (Å²) in [4.78, 5) is 20.9. The zero-order chi connectivity index (χ0) is 19.2. The number of ether oxygens (including phenoxy) is 1. The van der Waals surface area contributed by atoms with Crippen LogP contribution in [0.25, 0.3) is 0 Å². The van der Waals surface area contributed by atoms with Crippen LogP contribution in [0.4, 0.5) is 11.5 Å². The first-order valence-electron chi connectivity index (χ1n) is 8.63. The van der Waals surface area contributed by atoms with E-state index in [4.69, 9.17) is 4.74 Å². The lowest BCUT2D eigenvalue weighted by atomic mass is 10.1. The molecule has 0 aliphatic rings. The number of benzene rings is 2. The summed E-state index contributed by atoms with van der Waals surface area (Å²) in [5.74, 6) is 1.11. The number of anilines is 2. The van der Waals surface area contributed by atoms with Crippen LogP contribution in [0.3, 0.4) is 0 Å². The van der Waals surface area contributed by atoms with Gasteiger partial charge in [-0.3, -0.25) is 4.79 Å². The first-order valence-corrected chi connectivity index (χ1v) is 8.63. The van der Waals surface area contributed by atoms with Crippen molar-refractivity contribution in [3.8, 4) is 5.75 Å². The van der Waals surface area contributed by atoms with E-state index in [-0.39, 0.29) is 11.6 Å². The van der Waals surface area contributed by atoms with Crippen molar-refractivity contribution in [3.05, 3.63) is 77.2 Å². The minimum absolute atomic E-state index is 0.262. The molecule has 1 aromatic heterocycles. The summed E-state index contributed by atoms with van der Waals surface area (Å²) in [6.07, 6.45) is 3.01. The van der Waals surface area contributed by atoms with Crippen LogP contribution in [0, 0.1) is 13.8 Å². The van der Waals surface area contributed by atoms with Gasteiger partial charge in [0.25, 0.3) is 5.91 Å². The molecule has 0 saturated heterocycles. The number of rotatable bonds is 6. The quantitative estimate of drug-likeness (QED) is 0.694. The number of hydrogen-bond donors (Lipinski definition) is 2. The number of methoxy groups -OCH3 is 1. The first kappa shape index (κ1) is 18.4. The van der Waals surface area contributed by atoms with Crippen molar-refractivity contribution in [1.29, 1.82) is 0 Å². The Labute approximate surface area is 158 Å².